The highest BCUT2D eigenvalue weighted by molar-refractivity contribution is 5.77. The van der Waals surface area contributed by atoms with Crippen LogP contribution in [-0.4, -0.2) is 11.1 Å². The van der Waals surface area contributed by atoms with Crippen LogP contribution in [0.3, 0.4) is 0 Å². The van der Waals surface area contributed by atoms with Crippen molar-refractivity contribution >= 4 is 11.5 Å². The quantitative estimate of drug-likeness (QED) is 0.460. The highest BCUT2D eigenvalue weighted by Crippen LogP contribution is 2.24. The summed E-state index contributed by atoms with van der Waals surface area (Å²) in [7, 11) is 0. The topological polar surface area (TPSA) is 37.3 Å². The molecule has 0 radical (unpaired) electrons. The Morgan fingerprint density at radius 2 is 1.64 bits per heavy atom. The zero-order valence-corrected chi connectivity index (χ0v) is 16.1. The summed E-state index contributed by atoms with van der Waals surface area (Å²) in [5.74, 6) is -1.60. The molecule has 146 valence electrons. The number of rotatable bonds is 11. The SMILES string of the molecule is C=C/C=C(\C(=C)F)c1ccc(CCC(CCCc2ccccc2)C(=O)O)cc1. The Bertz CT molecular complexity index is 819. The van der Waals surface area contributed by atoms with Gasteiger partial charge in [0.1, 0.15) is 5.83 Å². The summed E-state index contributed by atoms with van der Waals surface area (Å²) >= 11 is 0. The Morgan fingerprint density at radius 1 is 1.00 bits per heavy atom. The number of benzene rings is 2. The van der Waals surface area contributed by atoms with Gasteiger partial charge in [-0.2, -0.15) is 0 Å². The van der Waals surface area contributed by atoms with Gasteiger partial charge in [0.25, 0.3) is 0 Å². The molecular formula is C25H27FO2. The molecule has 0 aromatic heterocycles. The summed E-state index contributed by atoms with van der Waals surface area (Å²) < 4.78 is 13.5. The van der Waals surface area contributed by atoms with E-state index >= 15 is 0 Å². The minimum atomic E-state index is -0.741. The van der Waals surface area contributed by atoms with Crippen molar-refractivity contribution in [1.29, 1.82) is 0 Å². The molecule has 0 bridgehead atoms. The van der Waals surface area contributed by atoms with E-state index in [-0.39, 0.29) is 5.92 Å². The Kier molecular flexibility index (Phi) is 8.41. The van der Waals surface area contributed by atoms with Crippen LogP contribution < -0.4 is 0 Å². The van der Waals surface area contributed by atoms with E-state index in [0.717, 1.165) is 24.0 Å². The lowest BCUT2D eigenvalue weighted by atomic mass is 9.93. The molecule has 0 heterocycles. The first-order valence-corrected chi connectivity index (χ1v) is 9.54. The van der Waals surface area contributed by atoms with E-state index in [1.165, 1.54) is 11.6 Å². The maximum Gasteiger partial charge on any atom is 0.306 e. The molecule has 0 aliphatic carbocycles. The third-order valence-corrected chi connectivity index (χ3v) is 4.83. The second-order valence-corrected chi connectivity index (χ2v) is 6.87. The molecule has 2 nitrogen and oxygen atoms in total. The van der Waals surface area contributed by atoms with Crippen LogP contribution in [0.4, 0.5) is 4.39 Å². The van der Waals surface area contributed by atoms with Gasteiger partial charge in [0.05, 0.1) is 5.92 Å². The van der Waals surface area contributed by atoms with E-state index in [1.807, 2.05) is 42.5 Å². The van der Waals surface area contributed by atoms with E-state index in [1.54, 1.807) is 6.08 Å². The highest BCUT2D eigenvalue weighted by Gasteiger charge is 2.17. The molecule has 2 rings (SSSR count). The molecule has 1 N–H and O–H groups in total. The largest absolute Gasteiger partial charge is 0.481 e. The molecule has 0 spiro atoms. The summed E-state index contributed by atoms with van der Waals surface area (Å²) in [4.78, 5) is 11.6. The number of hydrogen-bond acceptors (Lipinski definition) is 1. The van der Waals surface area contributed by atoms with E-state index < -0.39 is 11.8 Å². The van der Waals surface area contributed by atoms with Crippen LogP contribution in [0.25, 0.3) is 5.57 Å². The van der Waals surface area contributed by atoms with Crippen molar-refractivity contribution in [2.75, 3.05) is 0 Å². The number of carboxylic acids is 1. The molecule has 1 unspecified atom stereocenters. The number of carboxylic acid groups (broad SMARTS) is 1. The monoisotopic (exact) mass is 378 g/mol. The third-order valence-electron chi connectivity index (χ3n) is 4.83. The van der Waals surface area contributed by atoms with Crippen molar-refractivity contribution in [3.8, 4) is 0 Å². The maximum absolute atomic E-state index is 13.5. The third kappa shape index (κ3) is 6.66. The van der Waals surface area contributed by atoms with Crippen LogP contribution in [-0.2, 0) is 17.6 Å². The molecule has 28 heavy (non-hydrogen) atoms. The molecule has 0 aliphatic rings. The molecule has 0 fully saturated rings. The van der Waals surface area contributed by atoms with Crippen molar-refractivity contribution in [1.82, 2.24) is 0 Å². The number of aryl methyl sites for hydroxylation is 2. The van der Waals surface area contributed by atoms with E-state index in [0.29, 0.717) is 24.8 Å². The van der Waals surface area contributed by atoms with Gasteiger partial charge in [-0.1, -0.05) is 79.9 Å². The Hall–Kier alpha value is -2.94. The summed E-state index contributed by atoms with van der Waals surface area (Å²) in [5, 5.41) is 9.52. The average molecular weight is 378 g/mol. The van der Waals surface area contributed by atoms with Crippen molar-refractivity contribution < 1.29 is 14.3 Å². The molecular weight excluding hydrogens is 351 g/mol. The summed E-state index contributed by atoms with van der Waals surface area (Å²) in [6, 6.07) is 17.6. The molecule has 1 atom stereocenters. The first-order valence-electron chi connectivity index (χ1n) is 9.54. The van der Waals surface area contributed by atoms with Crippen molar-refractivity contribution in [3.05, 3.63) is 102 Å². The van der Waals surface area contributed by atoms with Gasteiger partial charge >= 0.3 is 5.97 Å². The second-order valence-electron chi connectivity index (χ2n) is 6.87. The van der Waals surface area contributed by atoms with E-state index in [2.05, 4.69) is 25.3 Å². The number of carbonyl (C=O) groups is 1. The fourth-order valence-corrected chi connectivity index (χ4v) is 3.24. The van der Waals surface area contributed by atoms with E-state index in [4.69, 9.17) is 0 Å². The van der Waals surface area contributed by atoms with Crippen LogP contribution >= 0.6 is 0 Å². The molecule has 3 heteroatoms. The van der Waals surface area contributed by atoms with Crippen LogP contribution in [0.15, 0.2) is 85.7 Å². The minimum absolute atomic E-state index is 0.356. The van der Waals surface area contributed by atoms with Gasteiger partial charge in [0.15, 0.2) is 0 Å². The van der Waals surface area contributed by atoms with Gasteiger partial charge in [-0.15, -0.1) is 0 Å². The van der Waals surface area contributed by atoms with Crippen LogP contribution in [0, 0.1) is 5.92 Å². The van der Waals surface area contributed by atoms with Crippen molar-refractivity contribution in [3.63, 3.8) is 0 Å². The van der Waals surface area contributed by atoms with Crippen LogP contribution in [0.5, 0.6) is 0 Å². The van der Waals surface area contributed by atoms with Gasteiger partial charge in [-0.25, -0.2) is 4.39 Å². The maximum atomic E-state index is 13.5. The smallest absolute Gasteiger partial charge is 0.306 e. The Labute approximate surface area is 166 Å². The molecule has 2 aromatic carbocycles. The second kappa shape index (κ2) is 11.0. The Balaban J connectivity index is 1.90. The highest BCUT2D eigenvalue weighted by atomic mass is 19.1. The lowest BCUT2D eigenvalue weighted by molar-refractivity contribution is -0.142. The van der Waals surface area contributed by atoms with Gasteiger partial charge in [-0.05, 0) is 48.8 Å². The van der Waals surface area contributed by atoms with E-state index in [9.17, 15) is 14.3 Å². The molecule has 0 saturated heterocycles. The fraction of sp³-hybridized carbons (Fsp3) is 0.240. The van der Waals surface area contributed by atoms with Crippen molar-refractivity contribution in [2.45, 2.75) is 32.1 Å². The Morgan fingerprint density at radius 3 is 2.21 bits per heavy atom. The zero-order valence-electron chi connectivity index (χ0n) is 16.1. The van der Waals surface area contributed by atoms with Gasteiger partial charge < -0.3 is 5.11 Å². The molecule has 0 aliphatic heterocycles. The summed E-state index contributed by atoms with van der Waals surface area (Å²) in [5.41, 5.74) is 3.42. The number of halogens is 1. The average Bonchev–Trinajstić information content (AvgIpc) is 2.69. The van der Waals surface area contributed by atoms with Crippen LogP contribution in [0.1, 0.15) is 36.0 Å². The first-order chi connectivity index (χ1) is 13.5. The lowest BCUT2D eigenvalue weighted by Gasteiger charge is -2.13. The number of allylic oxidation sites excluding steroid dienone is 4. The molecule has 0 saturated carbocycles. The summed E-state index contributed by atoms with van der Waals surface area (Å²) in [6.45, 7) is 6.95. The minimum Gasteiger partial charge on any atom is -0.481 e. The predicted molar refractivity (Wildman–Crippen MR) is 114 cm³/mol. The molecule has 0 amide bonds. The van der Waals surface area contributed by atoms with Gasteiger partial charge in [0.2, 0.25) is 0 Å². The predicted octanol–water partition coefficient (Wildman–Crippen LogP) is 6.40. The zero-order chi connectivity index (χ0) is 20.4. The normalized spacial score (nSPS) is 12.4. The fourth-order valence-electron chi connectivity index (χ4n) is 3.24. The van der Waals surface area contributed by atoms with Gasteiger partial charge in [0, 0.05) is 5.57 Å². The standard InChI is InChI=1S/C25H27FO2/c1-3-8-24(19(2)26)22-16-13-21(14-17-22)15-18-23(25(27)28)12-7-11-20-9-5-4-6-10-20/h3-6,8-10,13-14,16-17,23H,1-2,7,11-12,15,18H2,(H,27,28)/b24-8+. The van der Waals surface area contributed by atoms with Crippen LogP contribution in [0.2, 0.25) is 0 Å². The summed E-state index contributed by atoms with van der Waals surface area (Å²) in [6.07, 6.45) is 6.80. The lowest BCUT2D eigenvalue weighted by Crippen LogP contribution is -2.15. The molecule has 2 aromatic rings. The van der Waals surface area contributed by atoms with Gasteiger partial charge in [-0.3, -0.25) is 4.79 Å². The first kappa shape index (κ1) is 21.4. The number of aliphatic carboxylic acids is 1. The number of hydrogen-bond donors (Lipinski definition) is 1. The van der Waals surface area contributed by atoms with Crippen molar-refractivity contribution in [2.24, 2.45) is 5.92 Å².